The predicted molar refractivity (Wildman–Crippen MR) is 94.3 cm³/mol. The zero-order valence-electron chi connectivity index (χ0n) is 14.5. The first-order valence-corrected chi connectivity index (χ1v) is 8.18. The van der Waals surface area contributed by atoms with Crippen LogP contribution in [0.3, 0.4) is 0 Å². The lowest BCUT2D eigenvalue weighted by atomic mass is 9.88. The number of ether oxygens (including phenoxy) is 1. The highest BCUT2D eigenvalue weighted by molar-refractivity contribution is 6.01. The highest BCUT2D eigenvalue weighted by Gasteiger charge is 2.20. The molecule has 1 unspecified atom stereocenters. The van der Waals surface area contributed by atoms with Gasteiger partial charge in [0.2, 0.25) is 0 Å². The lowest BCUT2D eigenvalue weighted by Crippen LogP contribution is -2.19. The molecule has 1 atom stereocenters. The van der Waals surface area contributed by atoms with Gasteiger partial charge in [-0.1, -0.05) is 19.1 Å². The molecule has 2 rings (SSSR count). The van der Waals surface area contributed by atoms with Gasteiger partial charge in [-0.15, -0.1) is 0 Å². The average molecular weight is 329 g/mol. The number of Topliss-reactive ketones (excluding diaryl/α,β-unsaturated/α-hetero) is 1. The second kappa shape index (κ2) is 8.60. The van der Waals surface area contributed by atoms with Crippen LogP contribution in [-0.4, -0.2) is 37.9 Å². The second-order valence-electron chi connectivity index (χ2n) is 6.05. The van der Waals surface area contributed by atoms with Crippen LogP contribution in [0, 0.1) is 5.82 Å². The van der Waals surface area contributed by atoms with Gasteiger partial charge >= 0.3 is 0 Å². The van der Waals surface area contributed by atoms with E-state index in [1.165, 1.54) is 12.1 Å². The van der Waals surface area contributed by atoms with Crippen LogP contribution in [0.4, 0.5) is 4.39 Å². The summed E-state index contributed by atoms with van der Waals surface area (Å²) in [6.45, 7) is 3.40. The van der Waals surface area contributed by atoms with Gasteiger partial charge in [-0.3, -0.25) is 4.79 Å². The maximum atomic E-state index is 13.1. The molecular weight excluding hydrogens is 305 g/mol. The van der Waals surface area contributed by atoms with E-state index in [1.54, 1.807) is 24.3 Å². The molecule has 2 aromatic carbocycles. The predicted octanol–water partition coefficient (Wildman–Crippen LogP) is 4.14. The lowest BCUT2D eigenvalue weighted by Gasteiger charge is -2.15. The normalized spacial score (nSPS) is 12.2. The van der Waals surface area contributed by atoms with Crippen LogP contribution in [0.2, 0.25) is 0 Å². The van der Waals surface area contributed by atoms with E-state index in [-0.39, 0.29) is 17.5 Å². The largest absolute Gasteiger partial charge is 0.492 e. The first-order valence-electron chi connectivity index (χ1n) is 8.18. The molecular formula is C20H24FNO2. The number of hydrogen-bond donors (Lipinski definition) is 0. The van der Waals surface area contributed by atoms with E-state index in [9.17, 15) is 9.18 Å². The number of benzene rings is 2. The van der Waals surface area contributed by atoms with Crippen molar-refractivity contribution >= 4 is 5.78 Å². The maximum Gasteiger partial charge on any atom is 0.170 e. The Morgan fingerprint density at radius 3 is 2.25 bits per heavy atom. The Labute approximate surface area is 143 Å². The molecule has 128 valence electrons. The molecule has 2 aromatic rings. The van der Waals surface area contributed by atoms with Gasteiger partial charge in [-0.05, 0) is 62.5 Å². The molecule has 0 aliphatic heterocycles. The summed E-state index contributed by atoms with van der Waals surface area (Å²) in [7, 11) is 3.98. The number of nitrogens with zero attached hydrogens (tertiary/aromatic N) is 1. The van der Waals surface area contributed by atoms with Crippen molar-refractivity contribution in [3.63, 3.8) is 0 Å². The van der Waals surface area contributed by atoms with E-state index in [1.807, 2.05) is 38.1 Å². The third-order valence-electron chi connectivity index (χ3n) is 3.94. The Balaban J connectivity index is 2.06. The third kappa shape index (κ3) is 4.90. The van der Waals surface area contributed by atoms with Gasteiger partial charge in [0.25, 0.3) is 0 Å². The Hall–Kier alpha value is -2.20. The first kappa shape index (κ1) is 18.1. The maximum absolute atomic E-state index is 13.1. The molecule has 0 saturated heterocycles. The summed E-state index contributed by atoms with van der Waals surface area (Å²) in [5.74, 6) is 0.249. The number of halogens is 1. The number of carbonyl (C=O) groups is 1. The summed E-state index contributed by atoms with van der Waals surface area (Å²) >= 11 is 0. The molecule has 24 heavy (non-hydrogen) atoms. The zero-order chi connectivity index (χ0) is 17.5. The molecule has 0 N–H and O–H groups in total. The van der Waals surface area contributed by atoms with Crippen molar-refractivity contribution in [3.8, 4) is 5.75 Å². The fourth-order valence-electron chi connectivity index (χ4n) is 2.53. The molecule has 0 spiro atoms. The van der Waals surface area contributed by atoms with Gasteiger partial charge in [0.1, 0.15) is 18.2 Å². The fourth-order valence-corrected chi connectivity index (χ4v) is 2.53. The van der Waals surface area contributed by atoms with E-state index in [0.29, 0.717) is 18.6 Å². The van der Waals surface area contributed by atoms with E-state index in [4.69, 9.17) is 4.74 Å². The van der Waals surface area contributed by atoms with Crippen molar-refractivity contribution < 1.29 is 13.9 Å². The lowest BCUT2D eigenvalue weighted by molar-refractivity contribution is 0.0957. The molecule has 0 aromatic heterocycles. The topological polar surface area (TPSA) is 29.5 Å². The number of rotatable bonds is 8. The van der Waals surface area contributed by atoms with Crippen molar-refractivity contribution in [1.82, 2.24) is 4.90 Å². The molecule has 0 aliphatic carbocycles. The molecule has 0 bridgehead atoms. The molecule has 0 fully saturated rings. The highest BCUT2D eigenvalue weighted by atomic mass is 19.1. The van der Waals surface area contributed by atoms with Crippen LogP contribution >= 0.6 is 0 Å². The van der Waals surface area contributed by atoms with Crippen molar-refractivity contribution in [2.45, 2.75) is 19.3 Å². The number of carbonyl (C=O) groups excluding carboxylic acids is 1. The fraction of sp³-hybridized carbons (Fsp3) is 0.350. The summed E-state index contributed by atoms with van der Waals surface area (Å²) in [5.41, 5.74) is 1.49. The van der Waals surface area contributed by atoms with E-state index >= 15 is 0 Å². The monoisotopic (exact) mass is 329 g/mol. The third-order valence-corrected chi connectivity index (χ3v) is 3.94. The minimum Gasteiger partial charge on any atom is -0.492 e. The quantitative estimate of drug-likeness (QED) is 0.682. The van der Waals surface area contributed by atoms with Crippen molar-refractivity contribution in [2.24, 2.45) is 0 Å². The van der Waals surface area contributed by atoms with Gasteiger partial charge in [0.15, 0.2) is 5.78 Å². The molecule has 0 aliphatic rings. The van der Waals surface area contributed by atoms with Crippen molar-refractivity contribution in [3.05, 3.63) is 65.5 Å². The van der Waals surface area contributed by atoms with E-state index in [2.05, 4.69) is 0 Å². The minimum atomic E-state index is -0.291. The summed E-state index contributed by atoms with van der Waals surface area (Å²) in [6, 6.07) is 13.4. The minimum absolute atomic E-state index is 0.0453. The molecule has 0 amide bonds. The van der Waals surface area contributed by atoms with Gasteiger partial charge in [0.05, 0.1) is 0 Å². The Kier molecular flexibility index (Phi) is 6.50. The second-order valence-corrected chi connectivity index (χ2v) is 6.05. The van der Waals surface area contributed by atoms with Gasteiger partial charge in [0, 0.05) is 18.0 Å². The van der Waals surface area contributed by atoms with Gasteiger partial charge < -0.3 is 9.64 Å². The molecule has 4 heteroatoms. The van der Waals surface area contributed by atoms with E-state index in [0.717, 1.165) is 17.9 Å². The van der Waals surface area contributed by atoms with Crippen LogP contribution in [0.1, 0.15) is 35.2 Å². The number of ketones is 1. The summed E-state index contributed by atoms with van der Waals surface area (Å²) in [5, 5.41) is 0. The molecule has 0 heterocycles. The van der Waals surface area contributed by atoms with Crippen LogP contribution in [0.25, 0.3) is 0 Å². The van der Waals surface area contributed by atoms with E-state index < -0.39 is 0 Å². The highest BCUT2D eigenvalue weighted by Crippen LogP contribution is 2.25. The summed E-state index contributed by atoms with van der Waals surface area (Å²) in [6.07, 6.45) is 0.672. The number of likely N-dealkylation sites (N-methyl/N-ethyl adjacent to an activating group) is 1. The van der Waals surface area contributed by atoms with Crippen LogP contribution in [0.15, 0.2) is 48.5 Å². The molecule has 3 nitrogen and oxygen atoms in total. The molecule has 0 radical (unpaired) electrons. The Morgan fingerprint density at radius 2 is 1.71 bits per heavy atom. The Bertz CT molecular complexity index is 650. The Morgan fingerprint density at radius 1 is 1.08 bits per heavy atom. The first-order chi connectivity index (χ1) is 11.5. The summed E-state index contributed by atoms with van der Waals surface area (Å²) < 4.78 is 18.7. The molecule has 0 saturated carbocycles. The summed E-state index contributed by atoms with van der Waals surface area (Å²) in [4.78, 5) is 14.8. The SMILES string of the molecule is CCC(C(=O)c1ccc(OCCN(C)C)cc1)c1ccc(F)cc1. The van der Waals surface area contributed by atoms with Gasteiger partial charge in [-0.2, -0.15) is 0 Å². The van der Waals surface area contributed by atoms with Gasteiger partial charge in [-0.25, -0.2) is 4.39 Å². The van der Waals surface area contributed by atoms with Crippen LogP contribution in [0.5, 0.6) is 5.75 Å². The van der Waals surface area contributed by atoms with Crippen LogP contribution in [-0.2, 0) is 0 Å². The standard InChI is InChI=1S/C20H24FNO2/c1-4-19(15-5-9-17(21)10-6-15)20(23)16-7-11-18(12-8-16)24-14-13-22(2)3/h5-12,19H,4,13-14H2,1-3H3. The van der Waals surface area contributed by atoms with Crippen molar-refractivity contribution in [1.29, 1.82) is 0 Å². The number of hydrogen-bond acceptors (Lipinski definition) is 3. The average Bonchev–Trinajstić information content (AvgIpc) is 2.57. The van der Waals surface area contributed by atoms with Crippen LogP contribution < -0.4 is 4.74 Å². The smallest absolute Gasteiger partial charge is 0.170 e. The zero-order valence-corrected chi connectivity index (χ0v) is 14.5. The van der Waals surface area contributed by atoms with Crippen molar-refractivity contribution in [2.75, 3.05) is 27.2 Å².